The SMILES string of the molecule is Fc1c(F)c(F)c2c(c1F)C(Cl)(Cl)c1c(F)c(F)c(F)c(F)c1C2(Cl)Cl. The Morgan fingerprint density at radius 1 is 0.346 bits per heavy atom. The fourth-order valence-electron chi connectivity index (χ4n) is 2.69. The lowest BCUT2D eigenvalue weighted by Gasteiger charge is -2.38. The molecule has 1 aliphatic carbocycles. The van der Waals surface area contributed by atoms with Crippen molar-refractivity contribution >= 4 is 46.4 Å². The predicted molar refractivity (Wildman–Crippen MR) is 77.5 cm³/mol. The fourth-order valence-corrected chi connectivity index (χ4v) is 4.11. The van der Waals surface area contributed by atoms with Crippen molar-refractivity contribution in [3.63, 3.8) is 0 Å². The van der Waals surface area contributed by atoms with Crippen molar-refractivity contribution in [3.05, 3.63) is 68.8 Å². The summed E-state index contributed by atoms with van der Waals surface area (Å²) in [5, 5.41) is 0. The average molecular weight is 462 g/mol. The molecule has 26 heavy (non-hydrogen) atoms. The third kappa shape index (κ3) is 2.22. The van der Waals surface area contributed by atoms with E-state index in [2.05, 4.69) is 0 Å². The molecule has 0 radical (unpaired) electrons. The first-order valence-corrected chi connectivity index (χ1v) is 7.78. The van der Waals surface area contributed by atoms with Gasteiger partial charge in [0.2, 0.25) is 0 Å². The van der Waals surface area contributed by atoms with Gasteiger partial charge in [-0.05, 0) is 0 Å². The maximum absolute atomic E-state index is 14.2. The highest BCUT2D eigenvalue weighted by molar-refractivity contribution is 6.54. The van der Waals surface area contributed by atoms with E-state index in [0.29, 0.717) is 0 Å². The third-order valence-corrected chi connectivity index (χ3v) is 5.30. The van der Waals surface area contributed by atoms with Crippen LogP contribution >= 0.6 is 46.4 Å². The zero-order chi connectivity index (χ0) is 19.9. The average Bonchev–Trinajstić information content (AvgIpc) is 2.55. The van der Waals surface area contributed by atoms with E-state index in [1.165, 1.54) is 0 Å². The highest BCUT2D eigenvalue weighted by Gasteiger charge is 2.57. The maximum atomic E-state index is 14.2. The number of rotatable bonds is 0. The summed E-state index contributed by atoms with van der Waals surface area (Å²) in [6, 6.07) is 0. The molecule has 0 unspecified atom stereocenters. The van der Waals surface area contributed by atoms with Crippen LogP contribution in [0.5, 0.6) is 0 Å². The van der Waals surface area contributed by atoms with Gasteiger partial charge < -0.3 is 0 Å². The molecule has 0 amide bonds. The lowest BCUT2D eigenvalue weighted by Crippen LogP contribution is -2.37. The largest absolute Gasteiger partial charge is 0.203 e. The minimum atomic E-state index is -3.24. The Morgan fingerprint density at radius 2 is 0.500 bits per heavy atom. The van der Waals surface area contributed by atoms with E-state index in [1.807, 2.05) is 0 Å². The zero-order valence-electron chi connectivity index (χ0n) is 11.5. The molecule has 2 aromatic rings. The molecule has 0 saturated carbocycles. The van der Waals surface area contributed by atoms with Crippen LogP contribution in [0.1, 0.15) is 22.3 Å². The van der Waals surface area contributed by atoms with Crippen LogP contribution in [-0.4, -0.2) is 0 Å². The molecule has 1 aliphatic rings. The smallest absolute Gasteiger partial charge is 0.197 e. The van der Waals surface area contributed by atoms with E-state index in [1.54, 1.807) is 0 Å². The van der Waals surface area contributed by atoms with Gasteiger partial charge in [-0.2, -0.15) is 0 Å². The van der Waals surface area contributed by atoms with Crippen LogP contribution in [0.2, 0.25) is 0 Å². The fraction of sp³-hybridized carbons (Fsp3) is 0.143. The van der Waals surface area contributed by atoms with Gasteiger partial charge in [0.1, 0.15) is 0 Å². The van der Waals surface area contributed by atoms with Crippen molar-refractivity contribution in [2.75, 3.05) is 0 Å². The first-order chi connectivity index (χ1) is 11.8. The topological polar surface area (TPSA) is 0 Å². The quantitative estimate of drug-likeness (QED) is 0.182. The molecule has 0 spiro atoms. The molecule has 3 rings (SSSR count). The highest BCUT2D eigenvalue weighted by Crippen LogP contribution is 2.60. The number of halogens is 12. The Hall–Kier alpha value is -0.960. The number of fused-ring (bicyclic) bond motifs is 2. The summed E-state index contributed by atoms with van der Waals surface area (Å²) >= 11 is 22.9. The molecule has 0 N–H and O–H groups in total. The van der Waals surface area contributed by atoms with Gasteiger partial charge in [0, 0.05) is 22.3 Å². The second-order valence-electron chi connectivity index (χ2n) is 5.16. The van der Waals surface area contributed by atoms with Crippen LogP contribution < -0.4 is 0 Å². The molecule has 12 heteroatoms. The van der Waals surface area contributed by atoms with Crippen molar-refractivity contribution in [1.82, 2.24) is 0 Å². The van der Waals surface area contributed by atoms with Gasteiger partial charge >= 0.3 is 0 Å². The minimum Gasteiger partial charge on any atom is -0.203 e. The molecule has 0 bridgehead atoms. The second-order valence-corrected chi connectivity index (χ2v) is 7.82. The van der Waals surface area contributed by atoms with Crippen LogP contribution in [-0.2, 0) is 8.67 Å². The molecule has 0 heterocycles. The first-order valence-electron chi connectivity index (χ1n) is 6.27. The molecule has 0 atom stereocenters. The van der Waals surface area contributed by atoms with E-state index in [0.717, 1.165) is 0 Å². The van der Waals surface area contributed by atoms with Crippen LogP contribution in [0.4, 0.5) is 35.1 Å². The summed E-state index contributed by atoms with van der Waals surface area (Å²) in [5.41, 5.74) is -6.06. The minimum absolute atomic E-state index is 1.51. The molecule has 2 aromatic carbocycles. The number of alkyl halides is 4. The molecule has 0 nitrogen and oxygen atoms in total. The summed E-state index contributed by atoms with van der Waals surface area (Å²) in [6.07, 6.45) is 0. The van der Waals surface area contributed by atoms with Crippen LogP contribution in [0.3, 0.4) is 0 Å². The highest BCUT2D eigenvalue weighted by atomic mass is 35.5. The maximum Gasteiger partial charge on any atom is 0.197 e. The molecule has 0 aliphatic heterocycles. The molecular formula is C14Cl4F8. The van der Waals surface area contributed by atoms with Gasteiger partial charge in [-0.3, -0.25) is 0 Å². The lowest BCUT2D eigenvalue weighted by molar-refractivity contribution is 0.379. The molecule has 140 valence electrons. The second kappa shape index (κ2) is 5.77. The first kappa shape index (κ1) is 19.8. The molecule has 0 saturated heterocycles. The summed E-state index contributed by atoms with van der Waals surface area (Å²) in [7, 11) is 0. The summed E-state index contributed by atoms with van der Waals surface area (Å²) in [4.78, 5) is 0. The van der Waals surface area contributed by atoms with Gasteiger partial charge in [-0.15, -0.1) is 0 Å². The van der Waals surface area contributed by atoms with Crippen molar-refractivity contribution < 1.29 is 35.1 Å². The monoisotopic (exact) mass is 460 g/mol. The Kier molecular flexibility index (Phi) is 4.39. The van der Waals surface area contributed by atoms with Crippen molar-refractivity contribution in [3.8, 4) is 0 Å². The zero-order valence-corrected chi connectivity index (χ0v) is 14.6. The van der Waals surface area contributed by atoms with E-state index in [9.17, 15) is 35.1 Å². The normalized spacial score (nSPS) is 17.1. The van der Waals surface area contributed by atoms with Crippen LogP contribution in [0.15, 0.2) is 0 Å². The number of hydrogen-bond donors (Lipinski definition) is 0. The van der Waals surface area contributed by atoms with E-state index >= 15 is 0 Å². The van der Waals surface area contributed by atoms with Crippen molar-refractivity contribution in [2.24, 2.45) is 0 Å². The Balaban J connectivity index is 2.64. The van der Waals surface area contributed by atoms with Crippen LogP contribution in [0.25, 0.3) is 0 Å². The van der Waals surface area contributed by atoms with Crippen molar-refractivity contribution in [1.29, 1.82) is 0 Å². The third-order valence-electron chi connectivity index (χ3n) is 3.79. The Labute approximate surface area is 159 Å². The van der Waals surface area contributed by atoms with Crippen molar-refractivity contribution in [2.45, 2.75) is 8.67 Å². The molecule has 0 aromatic heterocycles. The predicted octanol–water partition coefficient (Wildman–Crippen LogP) is 6.47. The van der Waals surface area contributed by atoms with Gasteiger partial charge in [-0.25, -0.2) is 35.1 Å². The standard InChI is InChI=1S/C14Cl4F8/c15-13(16)1-2(6(20)10(24)9(23)5(1)19)14(17,18)4-3(13)7(21)11(25)12(26)8(4)22. The molecular weight excluding hydrogens is 462 g/mol. The Bertz CT molecular complexity index is 833. The molecule has 0 fully saturated rings. The lowest BCUT2D eigenvalue weighted by atomic mass is 9.82. The van der Waals surface area contributed by atoms with Gasteiger partial charge in [0.25, 0.3) is 0 Å². The van der Waals surface area contributed by atoms with Gasteiger partial charge in [0.05, 0.1) is 0 Å². The number of benzene rings is 2. The summed E-state index contributed by atoms with van der Waals surface area (Å²) in [5.74, 6) is -18.6. The van der Waals surface area contributed by atoms with Crippen LogP contribution in [0, 0.1) is 46.5 Å². The Morgan fingerprint density at radius 3 is 0.654 bits per heavy atom. The van der Waals surface area contributed by atoms with E-state index < -0.39 is 77.5 Å². The summed E-state index contributed by atoms with van der Waals surface area (Å²) in [6.45, 7) is 0. The van der Waals surface area contributed by atoms with E-state index in [-0.39, 0.29) is 0 Å². The van der Waals surface area contributed by atoms with Gasteiger partial charge in [-0.1, -0.05) is 46.4 Å². The summed E-state index contributed by atoms with van der Waals surface area (Å²) < 4.78 is 105. The number of hydrogen-bond acceptors (Lipinski definition) is 0. The van der Waals surface area contributed by atoms with Gasteiger partial charge in [0.15, 0.2) is 55.2 Å². The van der Waals surface area contributed by atoms with E-state index in [4.69, 9.17) is 46.4 Å².